The SMILES string of the molecule is Cc1cccc(Oc2ccc(NC(=O)COc3ccc(CC#N)cc3)cc2)c1. The Balaban J connectivity index is 1.49. The second kappa shape index (κ2) is 9.24. The number of nitrogens with one attached hydrogen (secondary N) is 1. The molecule has 140 valence electrons. The number of nitrogens with zero attached hydrogens (tertiary/aromatic N) is 1. The molecule has 1 N–H and O–H groups in total. The maximum atomic E-state index is 12.1. The van der Waals surface area contributed by atoms with E-state index in [0.717, 1.165) is 16.9 Å². The van der Waals surface area contributed by atoms with Crippen LogP contribution in [-0.4, -0.2) is 12.5 Å². The largest absolute Gasteiger partial charge is 0.484 e. The van der Waals surface area contributed by atoms with Gasteiger partial charge in [-0.3, -0.25) is 4.79 Å². The summed E-state index contributed by atoms with van der Waals surface area (Å²) in [5.41, 5.74) is 2.70. The Morgan fingerprint density at radius 3 is 2.36 bits per heavy atom. The third-order valence-electron chi connectivity index (χ3n) is 3.94. The molecule has 0 heterocycles. The lowest BCUT2D eigenvalue weighted by atomic mass is 10.2. The van der Waals surface area contributed by atoms with E-state index >= 15 is 0 Å². The monoisotopic (exact) mass is 372 g/mol. The first-order valence-corrected chi connectivity index (χ1v) is 8.85. The summed E-state index contributed by atoms with van der Waals surface area (Å²) in [7, 11) is 0. The van der Waals surface area contributed by atoms with Gasteiger partial charge in [0, 0.05) is 5.69 Å². The van der Waals surface area contributed by atoms with Gasteiger partial charge in [0.2, 0.25) is 0 Å². The number of nitriles is 1. The highest BCUT2D eigenvalue weighted by molar-refractivity contribution is 5.91. The maximum Gasteiger partial charge on any atom is 0.262 e. The fraction of sp³-hybridized carbons (Fsp3) is 0.130. The lowest BCUT2D eigenvalue weighted by molar-refractivity contribution is -0.118. The van der Waals surface area contributed by atoms with Crippen LogP contribution in [0.2, 0.25) is 0 Å². The number of rotatable bonds is 7. The van der Waals surface area contributed by atoms with Gasteiger partial charge in [0.1, 0.15) is 17.2 Å². The predicted molar refractivity (Wildman–Crippen MR) is 108 cm³/mol. The normalized spacial score (nSPS) is 10.0. The van der Waals surface area contributed by atoms with Gasteiger partial charge in [-0.2, -0.15) is 5.26 Å². The van der Waals surface area contributed by atoms with Crippen molar-refractivity contribution < 1.29 is 14.3 Å². The summed E-state index contributed by atoms with van der Waals surface area (Å²) in [5, 5.41) is 11.4. The molecular formula is C23H20N2O3. The number of carbonyl (C=O) groups excluding carboxylic acids is 1. The smallest absolute Gasteiger partial charge is 0.262 e. The second-order valence-electron chi connectivity index (χ2n) is 6.26. The highest BCUT2D eigenvalue weighted by Gasteiger charge is 2.05. The van der Waals surface area contributed by atoms with Crippen molar-refractivity contribution in [2.24, 2.45) is 0 Å². The van der Waals surface area contributed by atoms with Gasteiger partial charge in [-0.05, 0) is 66.6 Å². The molecule has 0 atom stereocenters. The zero-order chi connectivity index (χ0) is 19.8. The molecule has 0 saturated carbocycles. The molecule has 0 bridgehead atoms. The molecule has 3 aromatic rings. The van der Waals surface area contributed by atoms with E-state index in [1.807, 2.05) is 43.3 Å². The Morgan fingerprint density at radius 1 is 0.964 bits per heavy atom. The van der Waals surface area contributed by atoms with Crippen molar-refractivity contribution in [3.8, 4) is 23.3 Å². The Labute approximate surface area is 164 Å². The van der Waals surface area contributed by atoms with Gasteiger partial charge in [0.15, 0.2) is 6.61 Å². The minimum Gasteiger partial charge on any atom is -0.484 e. The minimum atomic E-state index is -0.256. The van der Waals surface area contributed by atoms with Gasteiger partial charge in [0.05, 0.1) is 12.5 Å². The molecule has 0 fully saturated rings. The van der Waals surface area contributed by atoms with Crippen LogP contribution in [0.3, 0.4) is 0 Å². The molecule has 0 aromatic heterocycles. The highest BCUT2D eigenvalue weighted by atomic mass is 16.5. The summed E-state index contributed by atoms with van der Waals surface area (Å²) in [5.74, 6) is 1.79. The Bertz CT molecular complexity index is 974. The van der Waals surface area contributed by atoms with Crippen LogP contribution in [0, 0.1) is 18.3 Å². The highest BCUT2D eigenvalue weighted by Crippen LogP contribution is 2.23. The molecule has 0 saturated heterocycles. The number of anilines is 1. The number of hydrogen-bond acceptors (Lipinski definition) is 4. The minimum absolute atomic E-state index is 0.0981. The van der Waals surface area contributed by atoms with Gasteiger partial charge in [0.25, 0.3) is 5.91 Å². The zero-order valence-electron chi connectivity index (χ0n) is 15.5. The molecule has 3 aromatic carbocycles. The number of aryl methyl sites for hydroxylation is 1. The second-order valence-corrected chi connectivity index (χ2v) is 6.26. The Kier molecular flexibility index (Phi) is 6.27. The van der Waals surface area contributed by atoms with Crippen LogP contribution in [0.15, 0.2) is 72.8 Å². The topological polar surface area (TPSA) is 71.3 Å². The summed E-state index contributed by atoms with van der Waals surface area (Å²) in [4.78, 5) is 12.1. The summed E-state index contributed by atoms with van der Waals surface area (Å²) in [6, 6.07) is 24.2. The molecule has 0 aliphatic heterocycles. The van der Waals surface area contributed by atoms with Gasteiger partial charge in [-0.1, -0.05) is 24.3 Å². The molecular weight excluding hydrogens is 352 g/mol. The summed E-state index contributed by atoms with van der Waals surface area (Å²) in [6.45, 7) is 1.91. The fourth-order valence-corrected chi connectivity index (χ4v) is 2.56. The maximum absolute atomic E-state index is 12.1. The lowest BCUT2D eigenvalue weighted by Crippen LogP contribution is -2.20. The van der Waals surface area contributed by atoms with E-state index in [4.69, 9.17) is 14.7 Å². The summed E-state index contributed by atoms with van der Waals surface area (Å²) >= 11 is 0. The van der Waals surface area contributed by atoms with E-state index < -0.39 is 0 Å². The molecule has 0 radical (unpaired) electrons. The van der Waals surface area contributed by atoms with E-state index in [0.29, 0.717) is 23.6 Å². The van der Waals surface area contributed by atoms with E-state index in [-0.39, 0.29) is 12.5 Å². The first-order valence-electron chi connectivity index (χ1n) is 8.85. The van der Waals surface area contributed by atoms with Crippen molar-refractivity contribution >= 4 is 11.6 Å². The van der Waals surface area contributed by atoms with Crippen LogP contribution in [0.1, 0.15) is 11.1 Å². The molecule has 5 nitrogen and oxygen atoms in total. The molecule has 28 heavy (non-hydrogen) atoms. The van der Waals surface area contributed by atoms with Gasteiger partial charge in [-0.15, -0.1) is 0 Å². The molecule has 3 rings (SSSR count). The third kappa shape index (κ3) is 5.61. The molecule has 0 spiro atoms. The van der Waals surface area contributed by atoms with Crippen LogP contribution in [0.5, 0.6) is 17.2 Å². The molecule has 0 aliphatic carbocycles. The van der Waals surface area contributed by atoms with Crippen LogP contribution >= 0.6 is 0 Å². The van der Waals surface area contributed by atoms with E-state index in [1.165, 1.54) is 0 Å². The average molecular weight is 372 g/mol. The van der Waals surface area contributed by atoms with E-state index in [2.05, 4.69) is 11.4 Å². The van der Waals surface area contributed by atoms with Crippen molar-refractivity contribution in [1.29, 1.82) is 5.26 Å². The number of hydrogen-bond donors (Lipinski definition) is 1. The average Bonchev–Trinajstić information content (AvgIpc) is 2.69. The zero-order valence-corrected chi connectivity index (χ0v) is 15.5. The standard InChI is InChI=1S/C23H20N2O3/c1-17-3-2-4-22(15-17)28-21-11-7-19(8-12-21)25-23(26)16-27-20-9-5-18(6-10-20)13-14-24/h2-12,15H,13,16H2,1H3,(H,25,26). The predicted octanol–water partition coefficient (Wildman–Crippen LogP) is 4.87. The Morgan fingerprint density at radius 2 is 1.68 bits per heavy atom. The van der Waals surface area contributed by atoms with E-state index in [1.54, 1.807) is 36.4 Å². The number of ether oxygens (including phenoxy) is 2. The van der Waals surface area contributed by atoms with Crippen LogP contribution < -0.4 is 14.8 Å². The Hall–Kier alpha value is -3.78. The van der Waals surface area contributed by atoms with Gasteiger partial charge < -0.3 is 14.8 Å². The van der Waals surface area contributed by atoms with Crippen LogP contribution in [-0.2, 0) is 11.2 Å². The fourth-order valence-electron chi connectivity index (χ4n) is 2.56. The van der Waals surface area contributed by atoms with Gasteiger partial charge in [-0.25, -0.2) is 0 Å². The quantitative estimate of drug-likeness (QED) is 0.642. The molecule has 0 aliphatic rings. The number of benzene rings is 3. The van der Waals surface area contributed by atoms with Crippen molar-refractivity contribution in [2.75, 3.05) is 11.9 Å². The van der Waals surface area contributed by atoms with E-state index in [9.17, 15) is 4.79 Å². The molecule has 1 amide bonds. The van der Waals surface area contributed by atoms with Crippen molar-refractivity contribution in [3.63, 3.8) is 0 Å². The van der Waals surface area contributed by atoms with Gasteiger partial charge >= 0.3 is 0 Å². The lowest BCUT2D eigenvalue weighted by Gasteiger charge is -2.09. The van der Waals surface area contributed by atoms with Crippen LogP contribution in [0.4, 0.5) is 5.69 Å². The third-order valence-corrected chi connectivity index (χ3v) is 3.94. The first kappa shape index (κ1) is 19.0. The summed E-state index contributed by atoms with van der Waals surface area (Å²) in [6.07, 6.45) is 0.352. The molecule has 0 unspecified atom stereocenters. The van der Waals surface area contributed by atoms with Crippen molar-refractivity contribution in [3.05, 3.63) is 83.9 Å². The molecule has 5 heteroatoms. The first-order chi connectivity index (χ1) is 13.6. The van der Waals surface area contributed by atoms with Crippen LogP contribution in [0.25, 0.3) is 0 Å². The summed E-state index contributed by atoms with van der Waals surface area (Å²) < 4.78 is 11.3. The van der Waals surface area contributed by atoms with Crippen molar-refractivity contribution in [2.45, 2.75) is 13.3 Å². The number of amides is 1. The van der Waals surface area contributed by atoms with Crippen molar-refractivity contribution in [1.82, 2.24) is 0 Å². The number of carbonyl (C=O) groups is 1.